The molecule has 0 amide bonds. The van der Waals surface area contributed by atoms with Gasteiger partial charge in [0.1, 0.15) is 5.78 Å². The summed E-state index contributed by atoms with van der Waals surface area (Å²) in [4.78, 5) is 11.5. The minimum Gasteiger partial charge on any atom is -0.373 e. The maximum atomic E-state index is 10.8. The lowest BCUT2D eigenvalue weighted by atomic mass is 10.1. The molecule has 0 heterocycles. The van der Waals surface area contributed by atoms with Crippen LogP contribution in [0.25, 0.3) is 0 Å². The molecule has 3 heteroatoms. The van der Waals surface area contributed by atoms with Crippen LogP contribution in [0.5, 0.6) is 0 Å². The third-order valence-corrected chi connectivity index (χ3v) is 2.87. The van der Waals surface area contributed by atoms with Gasteiger partial charge in [0.25, 0.3) is 0 Å². The zero-order valence-corrected chi connectivity index (χ0v) is 11.3. The number of rotatable bonds is 6. The number of ketones is 1. The van der Waals surface area contributed by atoms with E-state index >= 15 is 0 Å². The van der Waals surface area contributed by atoms with Crippen molar-refractivity contribution in [2.75, 3.05) is 6.54 Å². The normalized spacial score (nSPS) is 10.0. The maximum Gasteiger partial charge on any atom is 0.148 e. The Bertz CT molecular complexity index is 384. The van der Waals surface area contributed by atoms with E-state index in [1.54, 1.807) is 6.92 Å². The average molecular weight is 249 g/mol. The molecule has 2 nitrogen and oxygen atoms in total. The van der Waals surface area contributed by atoms with Crippen LogP contribution in [0.4, 0.5) is 0 Å². The van der Waals surface area contributed by atoms with Crippen molar-refractivity contribution in [2.45, 2.75) is 33.1 Å². The van der Waals surface area contributed by atoms with Crippen molar-refractivity contribution < 1.29 is 4.79 Å². The highest BCUT2D eigenvalue weighted by atomic mass is 32.1. The van der Waals surface area contributed by atoms with Gasteiger partial charge >= 0.3 is 0 Å². The lowest BCUT2D eigenvalue weighted by Crippen LogP contribution is -2.26. The molecule has 1 N–H and O–H groups in total. The van der Waals surface area contributed by atoms with E-state index in [0.29, 0.717) is 6.54 Å². The van der Waals surface area contributed by atoms with E-state index in [9.17, 15) is 4.79 Å². The van der Waals surface area contributed by atoms with Crippen LogP contribution in [0.1, 0.15) is 30.9 Å². The molecule has 0 aliphatic heterocycles. The highest BCUT2D eigenvalue weighted by Crippen LogP contribution is 2.07. The molecule has 0 saturated carbocycles. The first-order chi connectivity index (χ1) is 8.08. The minimum absolute atomic E-state index is 0.117. The van der Waals surface area contributed by atoms with Gasteiger partial charge in [-0.2, -0.15) is 0 Å². The molecular formula is C14H19NOS. The Labute approximate surface area is 108 Å². The Hall–Kier alpha value is -1.22. The molecule has 1 aromatic carbocycles. The number of aryl methyl sites for hydroxylation is 2. The first kappa shape index (κ1) is 13.8. The molecule has 92 valence electrons. The fourth-order valence-corrected chi connectivity index (χ4v) is 1.74. The van der Waals surface area contributed by atoms with Crippen molar-refractivity contribution in [2.24, 2.45) is 0 Å². The number of thiocarbonyl (C=S) groups is 1. The third kappa shape index (κ3) is 6.17. The van der Waals surface area contributed by atoms with Crippen molar-refractivity contribution in [3.63, 3.8) is 0 Å². The smallest absolute Gasteiger partial charge is 0.148 e. The monoisotopic (exact) mass is 249 g/mol. The van der Waals surface area contributed by atoms with Crippen LogP contribution < -0.4 is 5.32 Å². The van der Waals surface area contributed by atoms with E-state index in [2.05, 4.69) is 36.5 Å². The molecule has 1 rings (SSSR count). The Kier molecular flexibility index (Phi) is 5.84. The molecule has 0 aromatic heterocycles. The van der Waals surface area contributed by atoms with E-state index in [-0.39, 0.29) is 5.78 Å². The second-order valence-corrected chi connectivity index (χ2v) is 4.81. The molecule has 0 bridgehead atoms. The summed E-state index contributed by atoms with van der Waals surface area (Å²) in [6.07, 6.45) is 2.89. The van der Waals surface area contributed by atoms with Gasteiger partial charge in [-0.15, -0.1) is 0 Å². The summed E-state index contributed by atoms with van der Waals surface area (Å²) in [6.45, 7) is 4.00. The van der Waals surface area contributed by atoms with Gasteiger partial charge < -0.3 is 5.32 Å². The molecule has 0 spiro atoms. The number of hydrogen-bond donors (Lipinski definition) is 1. The Morgan fingerprint density at radius 3 is 2.53 bits per heavy atom. The third-order valence-electron chi connectivity index (χ3n) is 2.52. The molecule has 0 aliphatic rings. The summed E-state index contributed by atoms with van der Waals surface area (Å²) in [5.41, 5.74) is 2.62. The summed E-state index contributed by atoms with van der Waals surface area (Å²) in [5, 5.41) is 2.96. The standard InChI is InChI=1S/C14H19NOS/c1-11-6-8-13(9-7-11)4-3-5-14(17)15-10-12(2)16/h6-9H,3-5,10H2,1-2H3,(H,15,17). The molecule has 0 saturated heterocycles. The van der Waals surface area contributed by atoms with Crippen LogP contribution in [-0.2, 0) is 11.2 Å². The van der Waals surface area contributed by atoms with Gasteiger partial charge in [0.2, 0.25) is 0 Å². The van der Waals surface area contributed by atoms with Crippen LogP contribution in [0, 0.1) is 6.92 Å². The fourth-order valence-electron chi connectivity index (χ4n) is 1.52. The first-order valence-corrected chi connectivity index (χ1v) is 6.30. The average Bonchev–Trinajstić information content (AvgIpc) is 2.29. The molecule has 0 aliphatic carbocycles. The fraction of sp³-hybridized carbons (Fsp3) is 0.429. The number of Topliss-reactive ketones (excluding diaryl/α,β-unsaturated/α-hetero) is 1. The number of benzene rings is 1. The van der Waals surface area contributed by atoms with Gasteiger partial charge in [0, 0.05) is 0 Å². The number of nitrogens with one attached hydrogen (secondary N) is 1. The molecule has 0 fully saturated rings. The van der Waals surface area contributed by atoms with Gasteiger partial charge in [0.05, 0.1) is 11.5 Å². The summed E-state index contributed by atoms with van der Waals surface area (Å²) in [5.74, 6) is 0.117. The molecule has 17 heavy (non-hydrogen) atoms. The Morgan fingerprint density at radius 1 is 1.29 bits per heavy atom. The second-order valence-electron chi connectivity index (χ2n) is 4.32. The highest BCUT2D eigenvalue weighted by Gasteiger charge is 1.99. The molecule has 0 radical (unpaired) electrons. The summed E-state index contributed by atoms with van der Waals surface area (Å²) in [7, 11) is 0. The van der Waals surface area contributed by atoms with Crippen molar-refractivity contribution in [3.8, 4) is 0 Å². The zero-order chi connectivity index (χ0) is 12.7. The van der Waals surface area contributed by atoms with Crippen LogP contribution in [0.3, 0.4) is 0 Å². The number of carbonyl (C=O) groups is 1. The van der Waals surface area contributed by atoms with Crippen LogP contribution in [0.2, 0.25) is 0 Å². The zero-order valence-electron chi connectivity index (χ0n) is 10.5. The van der Waals surface area contributed by atoms with Crippen molar-refractivity contribution in [1.29, 1.82) is 0 Å². The summed E-state index contributed by atoms with van der Waals surface area (Å²) < 4.78 is 0. The molecule has 0 unspecified atom stereocenters. The van der Waals surface area contributed by atoms with E-state index in [1.165, 1.54) is 11.1 Å². The van der Waals surface area contributed by atoms with Crippen molar-refractivity contribution in [3.05, 3.63) is 35.4 Å². The van der Waals surface area contributed by atoms with Gasteiger partial charge in [-0.05, 0) is 38.7 Å². The summed E-state index contributed by atoms with van der Waals surface area (Å²) in [6, 6.07) is 8.56. The van der Waals surface area contributed by atoms with Gasteiger partial charge in [-0.3, -0.25) is 4.79 Å². The maximum absolute atomic E-state index is 10.8. The van der Waals surface area contributed by atoms with E-state index in [0.717, 1.165) is 24.3 Å². The van der Waals surface area contributed by atoms with Gasteiger partial charge in [0.15, 0.2) is 0 Å². The van der Waals surface area contributed by atoms with E-state index < -0.39 is 0 Å². The molecular weight excluding hydrogens is 230 g/mol. The second kappa shape index (κ2) is 7.17. The van der Waals surface area contributed by atoms with Gasteiger partial charge in [-0.25, -0.2) is 0 Å². The minimum atomic E-state index is 0.117. The first-order valence-electron chi connectivity index (χ1n) is 5.89. The largest absolute Gasteiger partial charge is 0.373 e. The van der Waals surface area contributed by atoms with Gasteiger partial charge in [-0.1, -0.05) is 42.0 Å². The number of hydrogen-bond acceptors (Lipinski definition) is 2. The SMILES string of the molecule is CC(=O)CNC(=S)CCCc1ccc(C)cc1. The van der Waals surface area contributed by atoms with E-state index in [1.807, 2.05) is 0 Å². The van der Waals surface area contributed by atoms with Crippen molar-refractivity contribution in [1.82, 2.24) is 5.32 Å². The Morgan fingerprint density at radius 2 is 1.94 bits per heavy atom. The van der Waals surface area contributed by atoms with Crippen LogP contribution in [0.15, 0.2) is 24.3 Å². The molecule has 1 aromatic rings. The lowest BCUT2D eigenvalue weighted by Gasteiger charge is -2.06. The van der Waals surface area contributed by atoms with E-state index in [4.69, 9.17) is 12.2 Å². The topological polar surface area (TPSA) is 29.1 Å². The number of carbonyl (C=O) groups excluding carboxylic acids is 1. The lowest BCUT2D eigenvalue weighted by molar-refractivity contribution is -0.115. The highest BCUT2D eigenvalue weighted by molar-refractivity contribution is 7.80. The predicted octanol–water partition coefficient (Wildman–Crippen LogP) is 2.82. The summed E-state index contributed by atoms with van der Waals surface area (Å²) >= 11 is 5.15. The Balaban J connectivity index is 2.21. The van der Waals surface area contributed by atoms with Crippen LogP contribution in [-0.4, -0.2) is 17.3 Å². The quantitative estimate of drug-likeness (QED) is 0.786. The van der Waals surface area contributed by atoms with Crippen molar-refractivity contribution >= 4 is 23.0 Å². The van der Waals surface area contributed by atoms with Crippen LogP contribution >= 0.6 is 12.2 Å². The predicted molar refractivity (Wildman–Crippen MR) is 75.4 cm³/mol. The molecule has 0 atom stereocenters.